The van der Waals surface area contributed by atoms with E-state index in [-0.39, 0.29) is 0 Å². The van der Waals surface area contributed by atoms with Crippen LogP contribution in [0.5, 0.6) is 0 Å². The molecule has 0 amide bonds. The third-order valence-corrected chi connectivity index (χ3v) is 7.59. The highest BCUT2D eigenvalue weighted by molar-refractivity contribution is 9.10. The highest BCUT2D eigenvalue weighted by atomic mass is 79.9. The fraction of sp³-hybridized carbons (Fsp3) is 0. The minimum absolute atomic E-state index is 0.916. The number of para-hydroxylation sites is 1. The molecule has 6 aromatic carbocycles. The van der Waals surface area contributed by atoms with Crippen LogP contribution in [0.4, 0.5) is 0 Å². The molecule has 0 bridgehead atoms. The summed E-state index contributed by atoms with van der Waals surface area (Å²) in [5, 5.41) is 7.18. The van der Waals surface area contributed by atoms with Crippen molar-refractivity contribution in [2.24, 2.45) is 0 Å². The SMILES string of the molecule is Brc1c2ccccc2c(-c2cccc3oc4ccccc4c23)c2ccc(-c3ccccc3)cc12. The van der Waals surface area contributed by atoms with Gasteiger partial charge in [0, 0.05) is 15.2 Å². The molecule has 1 aromatic heterocycles. The molecule has 0 atom stereocenters. The van der Waals surface area contributed by atoms with Crippen LogP contribution in [0.15, 0.2) is 124 Å². The van der Waals surface area contributed by atoms with Gasteiger partial charge in [-0.2, -0.15) is 0 Å². The van der Waals surface area contributed by atoms with Crippen LogP contribution < -0.4 is 0 Å². The fourth-order valence-corrected chi connectivity index (χ4v) is 5.88. The Morgan fingerprint density at radius 2 is 1.15 bits per heavy atom. The van der Waals surface area contributed by atoms with Crippen molar-refractivity contribution in [3.8, 4) is 22.3 Å². The molecule has 0 aliphatic heterocycles. The summed E-state index contributed by atoms with van der Waals surface area (Å²) in [6.07, 6.45) is 0. The molecule has 0 radical (unpaired) electrons. The molecule has 0 N–H and O–H groups in total. The third kappa shape index (κ3) is 2.85. The lowest BCUT2D eigenvalue weighted by atomic mass is 9.88. The largest absolute Gasteiger partial charge is 0.456 e. The van der Waals surface area contributed by atoms with Crippen molar-refractivity contribution in [1.29, 1.82) is 0 Å². The Hall–Kier alpha value is -3.88. The number of halogens is 1. The van der Waals surface area contributed by atoms with Crippen LogP contribution in [0.1, 0.15) is 0 Å². The lowest BCUT2D eigenvalue weighted by Crippen LogP contribution is -1.89. The quantitative estimate of drug-likeness (QED) is 0.216. The van der Waals surface area contributed by atoms with Crippen molar-refractivity contribution >= 4 is 59.4 Å². The first kappa shape index (κ1) is 19.6. The summed E-state index contributed by atoms with van der Waals surface area (Å²) < 4.78 is 7.36. The lowest BCUT2D eigenvalue weighted by Gasteiger charge is -2.16. The first-order valence-electron chi connectivity index (χ1n) is 11.4. The normalized spacial score (nSPS) is 11.7. The minimum atomic E-state index is 0.916. The van der Waals surface area contributed by atoms with Crippen molar-refractivity contribution in [2.75, 3.05) is 0 Å². The second-order valence-corrected chi connectivity index (χ2v) is 9.43. The van der Waals surface area contributed by atoms with E-state index in [2.05, 4.69) is 119 Å². The van der Waals surface area contributed by atoms with Crippen molar-refractivity contribution in [1.82, 2.24) is 0 Å². The van der Waals surface area contributed by atoms with Crippen molar-refractivity contribution in [2.45, 2.75) is 0 Å². The second-order valence-electron chi connectivity index (χ2n) is 8.64. The molecular formula is C32H19BrO. The molecule has 0 aliphatic carbocycles. The number of benzene rings is 6. The van der Waals surface area contributed by atoms with Gasteiger partial charge in [-0.25, -0.2) is 0 Å². The Morgan fingerprint density at radius 1 is 0.471 bits per heavy atom. The third-order valence-electron chi connectivity index (χ3n) is 6.74. The van der Waals surface area contributed by atoms with Gasteiger partial charge in [0.2, 0.25) is 0 Å². The van der Waals surface area contributed by atoms with E-state index in [1.54, 1.807) is 0 Å². The first-order chi connectivity index (χ1) is 16.8. The highest BCUT2D eigenvalue weighted by Gasteiger charge is 2.19. The second kappa shape index (κ2) is 7.58. The summed E-state index contributed by atoms with van der Waals surface area (Å²) in [6.45, 7) is 0. The van der Waals surface area contributed by atoms with Gasteiger partial charge in [-0.05, 0) is 77.9 Å². The van der Waals surface area contributed by atoms with Crippen molar-refractivity contribution in [3.05, 3.63) is 120 Å². The van der Waals surface area contributed by atoms with Gasteiger partial charge in [-0.15, -0.1) is 0 Å². The summed E-state index contributed by atoms with van der Waals surface area (Å²) in [7, 11) is 0. The zero-order valence-electron chi connectivity index (χ0n) is 18.3. The maximum Gasteiger partial charge on any atom is 0.136 e. The summed E-state index contributed by atoms with van der Waals surface area (Å²) in [5.74, 6) is 0. The van der Waals surface area contributed by atoms with Gasteiger partial charge in [-0.1, -0.05) is 97.1 Å². The Labute approximate surface area is 205 Å². The molecule has 0 saturated heterocycles. The van der Waals surface area contributed by atoms with Crippen LogP contribution in [0.3, 0.4) is 0 Å². The molecule has 2 heteroatoms. The van der Waals surface area contributed by atoms with Gasteiger partial charge in [0.15, 0.2) is 0 Å². The number of hydrogen-bond donors (Lipinski definition) is 0. The lowest BCUT2D eigenvalue weighted by molar-refractivity contribution is 0.669. The molecule has 0 fully saturated rings. The topological polar surface area (TPSA) is 13.1 Å². The van der Waals surface area contributed by atoms with Crippen LogP contribution in [0, 0.1) is 0 Å². The predicted molar refractivity (Wildman–Crippen MR) is 147 cm³/mol. The van der Waals surface area contributed by atoms with E-state index in [0.29, 0.717) is 0 Å². The average molecular weight is 499 g/mol. The van der Waals surface area contributed by atoms with Gasteiger partial charge in [0.05, 0.1) is 0 Å². The maximum atomic E-state index is 6.23. The first-order valence-corrected chi connectivity index (χ1v) is 12.2. The summed E-state index contributed by atoms with van der Waals surface area (Å²) in [6, 6.07) is 40.7. The van der Waals surface area contributed by atoms with Crippen molar-refractivity contribution in [3.63, 3.8) is 0 Å². The van der Waals surface area contributed by atoms with E-state index < -0.39 is 0 Å². The molecule has 34 heavy (non-hydrogen) atoms. The maximum absolute atomic E-state index is 6.23. The standard InChI is InChI=1S/C32H19BrO/c33-32-24-12-5-4-11-22(24)30(23-18-17-21(19-27(23)32)20-9-2-1-3-10-20)26-14-8-16-29-31(26)25-13-6-7-15-28(25)34-29/h1-19H. The van der Waals surface area contributed by atoms with E-state index >= 15 is 0 Å². The summed E-state index contributed by atoms with van der Waals surface area (Å²) >= 11 is 3.96. The monoisotopic (exact) mass is 498 g/mol. The Kier molecular flexibility index (Phi) is 4.36. The number of rotatable bonds is 2. The fourth-order valence-electron chi connectivity index (χ4n) is 5.21. The van der Waals surface area contributed by atoms with Gasteiger partial charge < -0.3 is 4.42 Å². The van der Waals surface area contributed by atoms with Crippen LogP contribution in [-0.4, -0.2) is 0 Å². The molecule has 0 aliphatic rings. The van der Waals surface area contributed by atoms with E-state index in [1.807, 2.05) is 12.1 Å². The summed E-state index contributed by atoms with van der Waals surface area (Å²) in [5.41, 5.74) is 6.70. The van der Waals surface area contributed by atoms with Crippen LogP contribution in [-0.2, 0) is 0 Å². The molecule has 160 valence electrons. The molecule has 1 nitrogen and oxygen atoms in total. The van der Waals surface area contributed by atoms with E-state index in [9.17, 15) is 0 Å². The Bertz CT molecular complexity index is 1860. The van der Waals surface area contributed by atoms with Gasteiger partial charge in [0.1, 0.15) is 11.2 Å². The summed E-state index contributed by atoms with van der Waals surface area (Å²) in [4.78, 5) is 0. The number of fused-ring (bicyclic) bond motifs is 5. The molecule has 1 heterocycles. The Morgan fingerprint density at radius 3 is 2.00 bits per heavy atom. The van der Waals surface area contributed by atoms with E-state index in [1.165, 1.54) is 49.2 Å². The number of furan rings is 1. The zero-order valence-corrected chi connectivity index (χ0v) is 19.8. The smallest absolute Gasteiger partial charge is 0.136 e. The van der Waals surface area contributed by atoms with Crippen LogP contribution in [0.2, 0.25) is 0 Å². The van der Waals surface area contributed by atoms with Crippen LogP contribution >= 0.6 is 15.9 Å². The average Bonchev–Trinajstić information content (AvgIpc) is 3.29. The molecule has 7 aromatic rings. The molecule has 0 unspecified atom stereocenters. The van der Waals surface area contributed by atoms with E-state index in [0.717, 1.165) is 21.0 Å². The van der Waals surface area contributed by atoms with Gasteiger partial charge in [0.25, 0.3) is 0 Å². The predicted octanol–water partition coefficient (Wildman–Crippen LogP) is 9.99. The highest BCUT2D eigenvalue weighted by Crippen LogP contribution is 2.46. The van der Waals surface area contributed by atoms with Crippen molar-refractivity contribution < 1.29 is 4.42 Å². The minimum Gasteiger partial charge on any atom is -0.456 e. The van der Waals surface area contributed by atoms with E-state index in [4.69, 9.17) is 4.42 Å². The van der Waals surface area contributed by atoms with Crippen LogP contribution in [0.25, 0.3) is 65.7 Å². The molecule has 7 rings (SSSR count). The molecule has 0 spiro atoms. The Balaban J connectivity index is 1.65. The molecular weight excluding hydrogens is 480 g/mol. The molecule has 0 saturated carbocycles. The number of hydrogen-bond acceptors (Lipinski definition) is 1. The van der Waals surface area contributed by atoms with Gasteiger partial charge >= 0.3 is 0 Å². The van der Waals surface area contributed by atoms with Gasteiger partial charge in [-0.3, -0.25) is 0 Å². The zero-order chi connectivity index (χ0) is 22.6.